The molecule has 0 bridgehead atoms. The summed E-state index contributed by atoms with van der Waals surface area (Å²) in [4.78, 5) is 17.0. The molecule has 1 aliphatic rings. The molecule has 0 unspecified atom stereocenters. The molecule has 0 aliphatic heterocycles. The number of carbonyl (C=O) groups is 1. The van der Waals surface area contributed by atoms with Gasteiger partial charge in [-0.25, -0.2) is 0 Å². The summed E-state index contributed by atoms with van der Waals surface area (Å²) in [5.74, 6) is 0.228. The van der Waals surface area contributed by atoms with Crippen molar-refractivity contribution in [3.8, 4) is 9.75 Å². The van der Waals surface area contributed by atoms with Crippen LogP contribution in [-0.2, 0) is 0 Å². The molecule has 0 atom stereocenters. The topological polar surface area (TPSA) is 17.1 Å². The second-order valence-corrected chi connectivity index (χ2v) is 6.40. The van der Waals surface area contributed by atoms with Gasteiger partial charge in [0.25, 0.3) is 0 Å². The largest absolute Gasteiger partial charge is 0.288 e. The van der Waals surface area contributed by atoms with Gasteiger partial charge in [-0.05, 0) is 32.4 Å². The van der Waals surface area contributed by atoms with Gasteiger partial charge >= 0.3 is 0 Å². The zero-order chi connectivity index (χ0) is 10.7. The first-order valence-electron chi connectivity index (χ1n) is 4.85. The lowest BCUT2D eigenvalue weighted by atomic mass is 10.1. The Bertz CT molecular complexity index is 587. The van der Waals surface area contributed by atoms with Crippen LogP contribution in [-0.4, -0.2) is 5.78 Å². The Morgan fingerprint density at radius 1 is 1.07 bits per heavy atom. The maximum Gasteiger partial charge on any atom is 0.196 e. The third kappa shape index (κ3) is 1.05. The fourth-order valence-electron chi connectivity index (χ4n) is 2.05. The summed E-state index contributed by atoms with van der Waals surface area (Å²) in [6.07, 6.45) is 0. The van der Waals surface area contributed by atoms with E-state index in [-0.39, 0.29) is 5.78 Å². The number of ketones is 1. The molecule has 76 valence electrons. The van der Waals surface area contributed by atoms with Crippen LogP contribution in [0.1, 0.15) is 31.2 Å². The third-order valence-corrected chi connectivity index (χ3v) is 5.34. The molecule has 0 fully saturated rings. The van der Waals surface area contributed by atoms with Crippen LogP contribution >= 0.6 is 22.7 Å². The van der Waals surface area contributed by atoms with Crippen molar-refractivity contribution < 1.29 is 4.79 Å². The molecule has 15 heavy (non-hydrogen) atoms. The third-order valence-electron chi connectivity index (χ3n) is 2.92. The van der Waals surface area contributed by atoms with E-state index in [1.807, 2.05) is 13.0 Å². The van der Waals surface area contributed by atoms with Crippen LogP contribution in [0.15, 0.2) is 6.07 Å². The van der Waals surface area contributed by atoms with Crippen molar-refractivity contribution in [2.45, 2.75) is 20.8 Å². The molecule has 2 heterocycles. The molecule has 1 nitrogen and oxygen atoms in total. The maximum absolute atomic E-state index is 12.1. The van der Waals surface area contributed by atoms with Gasteiger partial charge in [-0.2, -0.15) is 0 Å². The van der Waals surface area contributed by atoms with Crippen molar-refractivity contribution in [2.24, 2.45) is 0 Å². The van der Waals surface area contributed by atoms with Crippen LogP contribution in [0.5, 0.6) is 0 Å². The van der Waals surface area contributed by atoms with Gasteiger partial charge in [-0.15, -0.1) is 22.7 Å². The van der Waals surface area contributed by atoms with Gasteiger partial charge in [-0.3, -0.25) is 4.79 Å². The summed E-state index contributed by atoms with van der Waals surface area (Å²) in [6.45, 7) is 6.20. The van der Waals surface area contributed by atoms with Crippen molar-refractivity contribution in [3.05, 3.63) is 32.5 Å². The fraction of sp³-hybridized carbons (Fsp3) is 0.250. The maximum atomic E-state index is 12.1. The van der Waals surface area contributed by atoms with Crippen molar-refractivity contribution >= 4 is 28.5 Å². The molecule has 3 heteroatoms. The van der Waals surface area contributed by atoms with Crippen LogP contribution in [0.4, 0.5) is 0 Å². The van der Waals surface area contributed by atoms with E-state index in [9.17, 15) is 4.79 Å². The number of hydrogen-bond donors (Lipinski definition) is 0. The highest BCUT2D eigenvalue weighted by Crippen LogP contribution is 2.48. The first-order chi connectivity index (χ1) is 7.09. The Labute approximate surface area is 96.4 Å². The average molecular weight is 234 g/mol. The number of aryl methyl sites for hydroxylation is 2. The summed E-state index contributed by atoms with van der Waals surface area (Å²) in [6, 6.07) is 2.02. The number of fused-ring (bicyclic) bond motifs is 3. The van der Waals surface area contributed by atoms with Crippen LogP contribution in [0.3, 0.4) is 0 Å². The minimum Gasteiger partial charge on any atom is -0.288 e. The molecule has 0 aromatic carbocycles. The standard InChI is InChI=1S/C12H10OS2/c1-5-4-8-10(13)9-6(2)7(3)15-12(9)11(8)14-5/h4H,1-3H3. The molecule has 0 saturated heterocycles. The number of rotatable bonds is 0. The first kappa shape index (κ1) is 9.31. The van der Waals surface area contributed by atoms with Gasteiger partial charge in [-0.1, -0.05) is 0 Å². The van der Waals surface area contributed by atoms with Crippen LogP contribution in [0.2, 0.25) is 0 Å². The molecular formula is C12H10OS2. The second kappa shape index (κ2) is 2.80. The van der Waals surface area contributed by atoms with Crippen molar-refractivity contribution in [1.29, 1.82) is 0 Å². The average Bonchev–Trinajstić information content (AvgIpc) is 2.74. The normalized spacial score (nSPS) is 13.1. The summed E-state index contributed by atoms with van der Waals surface area (Å²) in [5, 5.41) is 0. The minimum atomic E-state index is 0.228. The molecule has 0 saturated carbocycles. The summed E-state index contributed by atoms with van der Waals surface area (Å²) in [7, 11) is 0. The van der Waals surface area contributed by atoms with Gasteiger partial charge in [0, 0.05) is 20.9 Å². The van der Waals surface area contributed by atoms with Crippen molar-refractivity contribution in [1.82, 2.24) is 0 Å². The molecule has 2 aromatic heterocycles. The highest BCUT2D eigenvalue weighted by atomic mass is 32.1. The van der Waals surface area contributed by atoms with Crippen molar-refractivity contribution in [3.63, 3.8) is 0 Å². The monoisotopic (exact) mass is 234 g/mol. The zero-order valence-corrected chi connectivity index (χ0v) is 10.4. The van der Waals surface area contributed by atoms with E-state index in [1.165, 1.54) is 25.1 Å². The summed E-state index contributed by atoms with van der Waals surface area (Å²) >= 11 is 3.49. The number of hydrogen-bond acceptors (Lipinski definition) is 3. The van der Waals surface area contributed by atoms with Crippen LogP contribution in [0, 0.1) is 20.8 Å². The van der Waals surface area contributed by atoms with E-state index in [2.05, 4.69) is 13.8 Å². The van der Waals surface area contributed by atoms with E-state index in [0.29, 0.717) is 0 Å². The van der Waals surface area contributed by atoms with Gasteiger partial charge in [0.2, 0.25) is 0 Å². The van der Waals surface area contributed by atoms with E-state index in [0.717, 1.165) is 11.1 Å². The first-order valence-corrected chi connectivity index (χ1v) is 6.48. The smallest absolute Gasteiger partial charge is 0.196 e. The van der Waals surface area contributed by atoms with E-state index < -0.39 is 0 Å². The number of thiophene rings is 2. The summed E-state index contributed by atoms with van der Waals surface area (Å²) in [5.41, 5.74) is 3.04. The fourth-order valence-corrected chi connectivity index (χ4v) is 4.36. The minimum absolute atomic E-state index is 0.228. The molecular weight excluding hydrogens is 224 g/mol. The highest BCUT2D eigenvalue weighted by Gasteiger charge is 2.32. The van der Waals surface area contributed by atoms with E-state index in [4.69, 9.17) is 0 Å². The van der Waals surface area contributed by atoms with Gasteiger partial charge in [0.1, 0.15) is 0 Å². The molecule has 0 radical (unpaired) electrons. The van der Waals surface area contributed by atoms with Crippen LogP contribution < -0.4 is 0 Å². The second-order valence-electron chi connectivity index (χ2n) is 3.92. The predicted molar refractivity (Wildman–Crippen MR) is 65.3 cm³/mol. The highest BCUT2D eigenvalue weighted by molar-refractivity contribution is 7.23. The molecule has 0 N–H and O–H groups in total. The molecule has 0 amide bonds. The quantitative estimate of drug-likeness (QED) is 0.575. The predicted octanol–water partition coefficient (Wildman–Crippen LogP) is 3.95. The molecule has 3 rings (SSSR count). The Morgan fingerprint density at radius 2 is 1.80 bits per heavy atom. The van der Waals surface area contributed by atoms with E-state index in [1.54, 1.807) is 22.7 Å². The Hall–Kier alpha value is -0.930. The zero-order valence-electron chi connectivity index (χ0n) is 8.80. The number of carbonyl (C=O) groups excluding carboxylic acids is 1. The molecule has 1 aliphatic carbocycles. The molecule has 0 spiro atoms. The Kier molecular flexibility index (Phi) is 1.74. The Morgan fingerprint density at radius 3 is 2.53 bits per heavy atom. The van der Waals surface area contributed by atoms with Gasteiger partial charge in [0.05, 0.1) is 9.75 Å². The lowest BCUT2D eigenvalue weighted by Gasteiger charge is -1.93. The Balaban J connectivity index is 2.39. The van der Waals surface area contributed by atoms with E-state index >= 15 is 0 Å². The lowest BCUT2D eigenvalue weighted by molar-refractivity contribution is 0.104. The molecule has 2 aromatic rings. The lowest BCUT2D eigenvalue weighted by Crippen LogP contribution is -1.95. The summed E-state index contributed by atoms with van der Waals surface area (Å²) < 4.78 is 0. The van der Waals surface area contributed by atoms with Gasteiger partial charge < -0.3 is 0 Å². The van der Waals surface area contributed by atoms with Crippen molar-refractivity contribution in [2.75, 3.05) is 0 Å². The van der Waals surface area contributed by atoms with Crippen LogP contribution in [0.25, 0.3) is 9.75 Å². The SMILES string of the molecule is Cc1cc2c(s1)-c1sc(C)c(C)c1C2=O. The van der Waals surface area contributed by atoms with Gasteiger partial charge in [0.15, 0.2) is 5.78 Å².